The number of carbonyl (C=O) groups excluding carboxylic acids is 3. The highest BCUT2D eigenvalue weighted by Gasteiger charge is 2.20. The molecule has 0 bridgehead atoms. The Morgan fingerprint density at radius 3 is 1.43 bits per heavy atom. The number of hydrogen-bond donors (Lipinski definition) is 0. The molecule has 3 rings (SSSR count). The molecule has 0 N–H and O–H groups in total. The second-order valence-corrected chi connectivity index (χ2v) is 16.5. The zero-order valence-corrected chi connectivity index (χ0v) is 36.6. The summed E-state index contributed by atoms with van der Waals surface area (Å²) < 4.78 is 17.0. The molecule has 0 radical (unpaired) electrons. The van der Waals surface area contributed by atoms with Crippen LogP contribution in [0.4, 0.5) is 0 Å². The Bertz CT molecular complexity index is 1580. The molecule has 0 aliphatic carbocycles. The van der Waals surface area contributed by atoms with Crippen molar-refractivity contribution in [2.45, 2.75) is 200 Å². The van der Waals surface area contributed by atoms with Gasteiger partial charge in [-0.1, -0.05) is 185 Å². The molecule has 58 heavy (non-hydrogen) atoms. The van der Waals surface area contributed by atoms with E-state index in [4.69, 9.17) is 14.2 Å². The van der Waals surface area contributed by atoms with Crippen molar-refractivity contribution >= 4 is 39.5 Å². The molecule has 0 saturated heterocycles. The minimum absolute atomic E-state index is 0.133. The Hall–Kier alpha value is -3.67. The van der Waals surface area contributed by atoms with Crippen molar-refractivity contribution in [2.24, 2.45) is 0 Å². The summed E-state index contributed by atoms with van der Waals surface area (Å²) in [7, 11) is 0. The standard InChI is InChI=1S/C52H78O6/c1-3-5-7-9-11-13-15-17-18-20-22-24-26-28-30-36-51(54)58-49(42-56-50(53)35-29-27-25-23-21-19-16-14-12-10-8-6-4-2)43-57-52(55)47-38-37-46-39-44-33-31-32-34-45(44)40-48(46)41-47/h17-18,31-34,37-41,49H,3-16,19-30,35-36,42-43H2,1-2H3/b18-17-/t49-/m1/s1. The Kier molecular flexibility index (Phi) is 27.0. The maximum Gasteiger partial charge on any atom is 0.338 e. The number of benzene rings is 3. The van der Waals surface area contributed by atoms with Crippen LogP contribution in [0.3, 0.4) is 0 Å². The monoisotopic (exact) mass is 799 g/mol. The largest absolute Gasteiger partial charge is 0.462 e. The highest BCUT2D eigenvalue weighted by Crippen LogP contribution is 2.24. The van der Waals surface area contributed by atoms with Crippen molar-refractivity contribution in [1.82, 2.24) is 0 Å². The van der Waals surface area contributed by atoms with Crippen LogP contribution in [0.15, 0.2) is 66.7 Å². The first-order chi connectivity index (χ1) is 28.5. The average Bonchev–Trinajstić information content (AvgIpc) is 3.23. The number of esters is 3. The van der Waals surface area contributed by atoms with Crippen molar-refractivity contribution in [2.75, 3.05) is 13.2 Å². The fourth-order valence-electron chi connectivity index (χ4n) is 7.57. The summed E-state index contributed by atoms with van der Waals surface area (Å²) in [6, 6.07) is 17.8. The van der Waals surface area contributed by atoms with Crippen LogP contribution in [0.1, 0.15) is 204 Å². The van der Waals surface area contributed by atoms with Crippen LogP contribution >= 0.6 is 0 Å². The van der Waals surface area contributed by atoms with Crippen LogP contribution in [0, 0.1) is 0 Å². The molecular weight excluding hydrogens is 721 g/mol. The van der Waals surface area contributed by atoms with Gasteiger partial charge in [-0.25, -0.2) is 4.79 Å². The van der Waals surface area contributed by atoms with Gasteiger partial charge < -0.3 is 14.2 Å². The van der Waals surface area contributed by atoms with Crippen molar-refractivity contribution in [3.05, 3.63) is 72.3 Å². The third-order valence-electron chi connectivity index (χ3n) is 11.2. The van der Waals surface area contributed by atoms with Crippen LogP contribution < -0.4 is 0 Å². The zero-order valence-electron chi connectivity index (χ0n) is 36.6. The average molecular weight is 799 g/mol. The first-order valence-electron chi connectivity index (χ1n) is 23.6. The quantitative estimate of drug-likeness (QED) is 0.0194. The number of unbranched alkanes of at least 4 members (excludes halogenated alkanes) is 23. The van der Waals surface area contributed by atoms with Gasteiger partial charge >= 0.3 is 17.9 Å². The van der Waals surface area contributed by atoms with Crippen molar-refractivity contribution in [3.63, 3.8) is 0 Å². The number of allylic oxidation sites excluding steroid dienone is 2. The fraction of sp³-hybridized carbons (Fsp3) is 0.635. The summed E-state index contributed by atoms with van der Waals surface area (Å²) in [6.07, 6.45) is 36.0. The van der Waals surface area contributed by atoms with Crippen LogP contribution in [-0.4, -0.2) is 37.2 Å². The van der Waals surface area contributed by atoms with Gasteiger partial charge in [0.25, 0.3) is 0 Å². The van der Waals surface area contributed by atoms with Crippen LogP contribution in [0.5, 0.6) is 0 Å². The van der Waals surface area contributed by atoms with Gasteiger partial charge in [0.15, 0.2) is 6.10 Å². The maximum atomic E-state index is 13.2. The molecule has 0 amide bonds. The van der Waals surface area contributed by atoms with E-state index < -0.39 is 12.1 Å². The SMILES string of the molecule is CCCCCCCC/C=C\CCCCCCCC(=O)O[C@H](COC(=O)CCCCCCCCCCCCCCC)COC(=O)c1ccc2cc3ccccc3cc2c1. The molecule has 0 unspecified atom stereocenters. The number of rotatable bonds is 35. The molecule has 0 saturated carbocycles. The number of hydrogen-bond acceptors (Lipinski definition) is 6. The van der Waals surface area contributed by atoms with E-state index in [0.29, 0.717) is 12.0 Å². The molecule has 0 aromatic heterocycles. The van der Waals surface area contributed by atoms with Crippen molar-refractivity contribution in [1.29, 1.82) is 0 Å². The topological polar surface area (TPSA) is 78.9 Å². The lowest BCUT2D eigenvalue weighted by molar-refractivity contribution is -0.161. The predicted octanol–water partition coefficient (Wildman–Crippen LogP) is 15.1. The van der Waals surface area contributed by atoms with Gasteiger partial charge in [0.05, 0.1) is 5.56 Å². The lowest BCUT2D eigenvalue weighted by atomic mass is 10.0. The summed E-state index contributed by atoms with van der Waals surface area (Å²) in [5.41, 5.74) is 0.417. The first kappa shape index (κ1) is 48.7. The van der Waals surface area contributed by atoms with E-state index in [1.165, 1.54) is 116 Å². The molecule has 1 atom stereocenters. The fourth-order valence-corrected chi connectivity index (χ4v) is 7.57. The smallest absolute Gasteiger partial charge is 0.338 e. The Labute approximate surface area is 352 Å². The van der Waals surface area contributed by atoms with Crippen LogP contribution in [0.25, 0.3) is 21.5 Å². The van der Waals surface area contributed by atoms with E-state index in [1.54, 1.807) is 6.07 Å². The molecule has 3 aromatic carbocycles. The Morgan fingerprint density at radius 1 is 0.466 bits per heavy atom. The van der Waals surface area contributed by atoms with Crippen molar-refractivity contribution < 1.29 is 28.6 Å². The van der Waals surface area contributed by atoms with E-state index in [9.17, 15) is 14.4 Å². The van der Waals surface area contributed by atoms with Gasteiger partial charge in [0.2, 0.25) is 0 Å². The lowest BCUT2D eigenvalue weighted by Crippen LogP contribution is -2.31. The van der Waals surface area contributed by atoms with Gasteiger partial charge in [-0.05, 0) is 84.3 Å². The van der Waals surface area contributed by atoms with Crippen LogP contribution in [-0.2, 0) is 23.8 Å². The molecule has 322 valence electrons. The maximum absolute atomic E-state index is 13.2. The molecule has 6 heteroatoms. The molecule has 0 heterocycles. The Balaban J connectivity index is 1.37. The normalized spacial score (nSPS) is 12.0. The second kappa shape index (κ2) is 32.2. The molecular formula is C52H78O6. The summed E-state index contributed by atoms with van der Waals surface area (Å²) in [4.78, 5) is 38.7. The molecule has 0 spiro atoms. The van der Waals surface area contributed by atoms with E-state index in [-0.39, 0.29) is 31.6 Å². The van der Waals surface area contributed by atoms with Gasteiger partial charge in [-0.2, -0.15) is 0 Å². The summed E-state index contributed by atoms with van der Waals surface area (Å²) >= 11 is 0. The van der Waals surface area contributed by atoms with E-state index in [1.807, 2.05) is 24.3 Å². The van der Waals surface area contributed by atoms with E-state index in [2.05, 4.69) is 50.3 Å². The number of ether oxygens (including phenoxy) is 3. The van der Waals surface area contributed by atoms with Gasteiger partial charge in [0.1, 0.15) is 13.2 Å². The van der Waals surface area contributed by atoms with Gasteiger partial charge in [0, 0.05) is 12.8 Å². The zero-order chi connectivity index (χ0) is 41.3. The summed E-state index contributed by atoms with van der Waals surface area (Å²) in [5, 5.41) is 4.21. The summed E-state index contributed by atoms with van der Waals surface area (Å²) in [6.45, 7) is 4.20. The highest BCUT2D eigenvalue weighted by molar-refractivity contribution is 6.01. The van der Waals surface area contributed by atoms with Gasteiger partial charge in [-0.3, -0.25) is 9.59 Å². The van der Waals surface area contributed by atoms with Crippen LogP contribution in [0.2, 0.25) is 0 Å². The minimum atomic E-state index is -0.862. The van der Waals surface area contributed by atoms with E-state index >= 15 is 0 Å². The van der Waals surface area contributed by atoms with E-state index in [0.717, 1.165) is 72.9 Å². The minimum Gasteiger partial charge on any atom is -0.462 e. The molecule has 0 fully saturated rings. The molecule has 0 aliphatic heterocycles. The van der Waals surface area contributed by atoms with Crippen molar-refractivity contribution in [3.8, 4) is 0 Å². The number of carbonyl (C=O) groups is 3. The third kappa shape index (κ3) is 22.5. The molecule has 0 aliphatic rings. The van der Waals surface area contributed by atoms with Gasteiger partial charge in [-0.15, -0.1) is 0 Å². The number of fused-ring (bicyclic) bond motifs is 2. The summed E-state index contributed by atoms with van der Waals surface area (Å²) in [5.74, 6) is -1.18. The Morgan fingerprint density at radius 2 is 0.897 bits per heavy atom. The molecule has 3 aromatic rings. The second-order valence-electron chi connectivity index (χ2n) is 16.5. The first-order valence-corrected chi connectivity index (χ1v) is 23.6. The molecule has 6 nitrogen and oxygen atoms in total. The lowest BCUT2D eigenvalue weighted by Gasteiger charge is -2.18. The predicted molar refractivity (Wildman–Crippen MR) is 242 cm³/mol. The highest BCUT2D eigenvalue weighted by atomic mass is 16.6. The third-order valence-corrected chi connectivity index (χ3v) is 11.2.